The van der Waals surface area contributed by atoms with E-state index in [2.05, 4.69) is 6.92 Å². The number of ether oxygens (including phenoxy) is 1. The first-order valence-electron chi connectivity index (χ1n) is 5.27. The van der Waals surface area contributed by atoms with Gasteiger partial charge < -0.3 is 9.84 Å². The third-order valence-corrected chi connectivity index (χ3v) is 3.00. The van der Waals surface area contributed by atoms with E-state index in [9.17, 15) is 0 Å². The first kappa shape index (κ1) is 12.4. The lowest BCUT2D eigenvalue weighted by molar-refractivity contribution is 0.281. The van der Waals surface area contributed by atoms with E-state index in [0.29, 0.717) is 0 Å². The lowest BCUT2D eigenvalue weighted by Gasteiger charge is -2.06. The van der Waals surface area contributed by atoms with Gasteiger partial charge in [0.1, 0.15) is 5.75 Å². The Hall–Kier alpha value is -0.670. The lowest BCUT2D eigenvalue weighted by Crippen LogP contribution is -1.98. The van der Waals surface area contributed by atoms with E-state index in [-0.39, 0.29) is 6.61 Å². The molecule has 0 radical (unpaired) electrons. The molecule has 0 unspecified atom stereocenters. The van der Waals surface area contributed by atoms with Crippen molar-refractivity contribution in [1.29, 1.82) is 0 Å². The molecule has 2 nitrogen and oxygen atoms in total. The van der Waals surface area contributed by atoms with Crippen LogP contribution in [-0.2, 0) is 6.61 Å². The average molecular weight is 226 g/mol. The summed E-state index contributed by atoms with van der Waals surface area (Å²) in [5.74, 6) is 3.21. The Labute approximate surface area is 95.7 Å². The van der Waals surface area contributed by atoms with E-state index in [1.807, 2.05) is 36.0 Å². The van der Waals surface area contributed by atoms with E-state index in [0.717, 1.165) is 30.1 Å². The minimum absolute atomic E-state index is 0.0907. The summed E-state index contributed by atoms with van der Waals surface area (Å²) in [5, 5.41) is 8.86. The summed E-state index contributed by atoms with van der Waals surface area (Å²) in [4.78, 5) is 0. The van der Waals surface area contributed by atoms with Crippen LogP contribution in [0, 0.1) is 0 Å². The number of benzene rings is 1. The van der Waals surface area contributed by atoms with Crippen LogP contribution in [0.4, 0.5) is 0 Å². The lowest BCUT2D eigenvalue weighted by atomic mass is 10.2. The van der Waals surface area contributed by atoms with Crippen molar-refractivity contribution >= 4 is 11.8 Å². The highest BCUT2D eigenvalue weighted by Crippen LogP contribution is 2.12. The molecule has 0 saturated heterocycles. The second-order valence-electron chi connectivity index (χ2n) is 3.20. The van der Waals surface area contributed by atoms with Crippen molar-refractivity contribution in [2.75, 3.05) is 18.1 Å². The molecule has 0 aliphatic carbocycles. The molecule has 0 atom stereocenters. The zero-order valence-corrected chi connectivity index (χ0v) is 9.93. The van der Waals surface area contributed by atoms with Gasteiger partial charge in [-0.2, -0.15) is 11.8 Å². The Bertz CT molecular complexity index is 259. The number of aliphatic hydroxyl groups excluding tert-OH is 1. The fourth-order valence-corrected chi connectivity index (χ4v) is 1.80. The van der Waals surface area contributed by atoms with Gasteiger partial charge in [-0.25, -0.2) is 0 Å². The number of aliphatic hydroxyl groups is 1. The maximum absolute atomic E-state index is 8.86. The molecule has 0 aromatic heterocycles. The van der Waals surface area contributed by atoms with Crippen LogP contribution in [-0.4, -0.2) is 23.2 Å². The van der Waals surface area contributed by atoms with E-state index < -0.39 is 0 Å². The first-order valence-corrected chi connectivity index (χ1v) is 6.42. The summed E-state index contributed by atoms with van der Waals surface area (Å²) in [6.45, 7) is 3.03. The van der Waals surface area contributed by atoms with Crippen molar-refractivity contribution in [3.05, 3.63) is 29.8 Å². The molecule has 0 bridgehead atoms. The Morgan fingerprint density at radius 2 is 2.00 bits per heavy atom. The number of hydrogen-bond acceptors (Lipinski definition) is 3. The Morgan fingerprint density at radius 3 is 2.60 bits per heavy atom. The predicted octanol–water partition coefficient (Wildman–Crippen LogP) is 2.70. The number of thioether (sulfide) groups is 1. The minimum atomic E-state index is 0.0907. The van der Waals surface area contributed by atoms with Crippen molar-refractivity contribution < 1.29 is 9.84 Å². The summed E-state index contributed by atoms with van der Waals surface area (Å²) in [6, 6.07) is 7.57. The molecule has 1 N–H and O–H groups in total. The summed E-state index contributed by atoms with van der Waals surface area (Å²) in [6.07, 6.45) is 1.08. The third kappa shape index (κ3) is 5.09. The molecular weight excluding hydrogens is 208 g/mol. The molecule has 15 heavy (non-hydrogen) atoms. The molecule has 1 rings (SSSR count). The number of hydrogen-bond donors (Lipinski definition) is 1. The van der Waals surface area contributed by atoms with Crippen LogP contribution < -0.4 is 4.74 Å². The van der Waals surface area contributed by atoms with Gasteiger partial charge >= 0.3 is 0 Å². The van der Waals surface area contributed by atoms with E-state index in [4.69, 9.17) is 9.84 Å². The van der Waals surface area contributed by atoms with Gasteiger partial charge in [-0.3, -0.25) is 0 Å². The quantitative estimate of drug-likeness (QED) is 0.725. The van der Waals surface area contributed by atoms with Gasteiger partial charge in [0.15, 0.2) is 0 Å². The van der Waals surface area contributed by atoms with Crippen LogP contribution in [0.5, 0.6) is 5.75 Å². The highest BCUT2D eigenvalue weighted by Gasteiger charge is 1.94. The van der Waals surface area contributed by atoms with E-state index >= 15 is 0 Å². The first-order chi connectivity index (χ1) is 7.36. The van der Waals surface area contributed by atoms with Crippen molar-refractivity contribution in [2.24, 2.45) is 0 Å². The molecule has 0 aliphatic heterocycles. The summed E-state index contributed by atoms with van der Waals surface area (Å²) < 4.78 is 5.56. The van der Waals surface area contributed by atoms with Gasteiger partial charge in [0, 0.05) is 0 Å². The molecule has 0 aliphatic rings. The van der Waals surface area contributed by atoms with Gasteiger partial charge in [0.25, 0.3) is 0 Å². The standard InChI is InChI=1S/C12H18O2S/c1-2-15-9-3-8-14-12-6-4-11(10-13)5-7-12/h4-7,13H,2-3,8-10H2,1H3. The normalized spacial score (nSPS) is 10.3. The largest absolute Gasteiger partial charge is 0.494 e. The van der Waals surface area contributed by atoms with Crippen LogP contribution >= 0.6 is 11.8 Å². The molecule has 84 valence electrons. The van der Waals surface area contributed by atoms with Gasteiger partial charge in [-0.15, -0.1) is 0 Å². The average Bonchev–Trinajstić information content (AvgIpc) is 2.30. The second kappa shape index (κ2) is 7.60. The molecule has 0 saturated carbocycles. The van der Waals surface area contributed by atoms with Crippen LogP contribution in [0.15, 0.2) is 24.3 Å². The highest BCUT2D eigenvalue weighted by atomic mass is 32.2. The SMILES string of the molecule is CCSCCCOc1ccc(CO)cc1. The van der Waals surface area contributed by atoms with Crippen LogP contribution in [0.1, 0.15) is 18.9 Å². The third-order valence-electron chi connectivity index (χ3n) is 2.01. The van der Waals surface area contributed by atoms with Gasteiger partial charge in [0.05, 0.1) is 13.2 Å². The Morgan fingerprint density at radius 1 is 1.27 bits per heavy atom. The van der Waals surface area contributed by atoms with Crippen LogP contribution in [0.3, 0.4) is 0 Å². The zero-order valence-electron chi connectivity index (χ0n) is 9.11. The van der Waals surface area contributed by atoms with Crippen LogP contribution in [0.2, 0.25) is 0 Å². The number of rotatable bonds is 7. The zero-order chi connectivity index (χ0) is 10.9. The summed E-state index contributed by atoms with van der Waals surface area (Å²) in [7, 11) is 0. The van der Waals surface area contributed by atoms with Crippen molar-refractivity contribution in [2.45, 2.75) is 20.0 Å². The summed E-state index contributed by atoms with van der Waals surface area (Å²) in [5.41, 5.74) is 0.920. The molecule has 3 heteroatoms. The van der Waals surface area contributed by atoms with Crippen molar-refractivity contribution in [3.8, 4) is 5.75 Å². The molecule has 0 heterocycles. The Kier molecular flexibility index (Phi) is 6.28. The molecule has 0 amide bonds. The maximum atomic E-state index is 8.86. The van der Waals surface area contributed by atoms with Crippen molar-refractivity contribution in [3.63, 3.8) is 0 Å². The van der Waals surface area contributed by atoms with Crippen molar-refractivity contribution in [1.82, 2.24) is 0 Å². The molecule has 0 fully saturated rings. The highest BCUT2D eigenvalue weighted by molar-refractivity contribution is 7.99. The molecule has 0 spiro atoms. The molecule has 1 aromatic rings. The fourth-order valence-electron chi connectivity index (χ4n) is 1.19. The van der Waals surface area contributed by atoms with E-state index in [1.54, 1.807) is 0 Å². The second-order valence-corrected chi connectivity index (χ2v) is 4.59. The molecule has 1 aromatic carbocycles. The van der Waals surface area contributed by atoms with Gasteiger partial charge in [0.2, 0.25) is 0 Å². The minimum Gasteiger partial charge on any atom is -0.494 e. The summed E-state index contributed by atoms with van der Waals surface area (Å²) >= 11 is 1.94. The topological polar surface area (TPSA) is 29.5 Å². The van der Waals surface area contributed by atoms with Crippen LogP contribution in [0.25, 0.3) is 0 Å². The maximum Gasteiger partial charge on any atom is 0.119 e. The van der Waals surface area contributed by atoms with Gasteiger partial charge in [-0.1, -0.05) is 19.1 Å². The monoisotopic (exact) mass is 226 g/mol. The van der Waals surface area contributed by atoms with E-state index in [1.165, 1.54) is 5.75 Å². The van der Waals surface area contributed by atoms with Gasteiger partial charge in [-0.05, 0) is 35.6 Å². The smallest absolute Gasteiger partial charge is 0.119 e. The molecular formula is C12H18O2S. The predicted molar refractivity (Wildman–Crippen MR) is 65.5 cm³/mol. The Balaban J connectivity index is 2.20. The fraction of sp³-hybridized carbons (Fsp3) is 0.500.